The van der Waals surface area contributed by atoms with Crippen molar-refractivity contribution in [2.75, 3.05) is 5.73 Å². The van der Waals surface area contributed by atoms with Gasteiger partial charge in [0.1, 0.15) is 11.9 Å². The molecule has 0 amide bonds. The standard InChI is InChI=1S/C13H20FN3O3/c1-13(2,3)6-7-10(18)9(14)11(20-7)17-5-4-8(15)16-12(17)19/h4-5,7,9-11,18H,6H2,1-3H3,(H2,15,16,19). The molecule has 1 aromatic heterocycles. The first-order valence-electron chi connectivity index (χ1n) is 6.51. The summed E-state index contributed by atoms with van der Waals surface area (Å²) in [5.41, 5.74) is 4.58. The molecular formula is C13H20FN3O3. The Morgan fingerprint density at radius 3 is 2.75 bits per heavy atom. The Hall–Kier alpha value is -1.47. The van der Waals surface area contributed by atoms with Gasteiger partial charge in [-0.2, -0.15) is 4.98 Å². The fourth-order valence-electron chi connectivity index (χ4n) is 2.32. The highest BCUT2D eigenvalue weighted by Crippen LogP contribution is 2.36. The van der Waals surface area contributed by atoms with Crippen LogP contribution in [-0.4, -0.2) is 33.0 Å². The van der Waals surface area contributed by atoms with Gasteiger partial charge in [-0.3, -0.25) is 4.57 Å². The normalized spacial score (nSPS) is 30.6. The Morgan fingerprint density at radius 1 is 1.55 bits per heavy atom. The molecule has 112 valence electrons. The highest BCUT2D eigenvalue weighted by molar-refractivity contribution is 5.23. The molecule has 3 N–H and O–H groups in total. The van der Waals surface area contributed by atoms with Gasteiger partial charge >= 0.3 is 5.69 Å². The van der Waals surface area contributed by atoms with Crippen LogP contribution in [0.25, 0.3) is 0 Å². The van der Waals surface area contributed by atoms with Crippen molar-refractivity contribution >= 4 is 5.82 Å². The van der Waals surface area contributed by atoms with E-state index in [1.165, 1.54) is 12.3 Å². The van der Waals surface area contributed by atoms with Crippen molar-refractivity contribution in [3.05, 3.63) is 22.7 Å². The monoisotopic (exact) mass is 285 g/mol. The maximum atomic E-state index is 14.2. The molecule has 4 atom stereocenters. The molecule has 0 radical (unpaired) electrons. The summed E-state index contributed by atoms with van der Waals surface area (Å²) in [4.78, 5) is 15.2. The molecule has 1 fully saturated rings. The highest BCUT2D eigenvalue weighted by atomic mass is 19.1. The van der Waals surface area contributed by atoms with Crippen molar-refractivity contribution in [2.45, 2.75) is 51.8 Å². The van der Waals surface area contributed by atoms with E-state index in [2.05, 4.69) is 4.98 Å². The molecule has 20 heavy (non-hydrogen) atoms. The highest BCUT2D eigenvalue weighted by Gasteiger charge is 2.46. The van der Waals surface area contributed by atoms with Crippen LogP contribution < -0.4 is 11.4 Å². The Labute approximate surface area is 116 Å². The zero-order valence-electron chi connectivity index (χ0n) is 11.8. The molecule has 0 aliphatic carbocycles. The van der Waals surface area contributed by atoms with Crippen molar-refractivity contribution in [3.8, 4) is 0 Å². The zero-order chi connectivity index (χ0) is 15.1. The smallest absolute Gasteiger partial charge is 0.351 e. The van der Waals surface area contributed by atoms with Crippen molar-refractivity contribution in [3.63, 3.8) is 0 Å². The van der Waals surface area contributed by atoms with Gasteiger partial charge in [-0.15, -0.1) is 0 Å². The minimum absolute atomic E-state index is 0.0615. The van der Waals surface area contributed by atoms with Crippen LogP contribution in [0.15, 0.2) is 17.1 Å². The predicted molar refractivity (Wildman–Crippen MR) is 71.8 cm³/mol. The van der Waals surface area contributed by atoms with Gasteiger partial charge in [0.05, 0.1) is 6.10 Å². The largest absolute Gasteiger partial charge is 0.387 e. The number of anilines is 1. The summed E-state index contributed by atoms with van der Waals surface area (Å²) in [6.45, 7) is 5.92. The Balaban J connectivity index is 2.24. The van der Waals surface area contributed by atoms with E-state index in [-0.39, 0.29) is 11.2 Å². The fraction of sp³-hybridized carbons (Fsp3) is 0.692. The van der Waals surface area contributed by atoms with Crippen LogP contribution in [0.5, 0.6) is 0 Å². The molecule has 4 unspecified atom stereocenters. The molecule has 0 saturated carbocycles. The second-order valence-electron chi connectivity index (χ2n) is 6.31. The minimum Gasteiger partial charge on any atom is -0.387 e. The van der Waals surface area contributed by atoms with Crippen LogP contribution in [0.1, 0.15) is 33.4 Å². The van der Waals surface area contributed by atoms with E-state index < -0.39 is 30.3 Å². The van der Waals surface area contributed by atoms with E-state index in [0.717, 1.165) is 4.57 Å². The quantitative estimate of drug-likeness (QED) is 0.841. The first-order valence-corrected chi connectivity index (χ1v) is 6.51. The van der Waals surface area contributed by atoms with E-state index in [9.17, 15) is 14.3 Å². The third-order valence-corrected chi connectivity index (χ3v) is 3.23. The molecule has 1 aliphatic heterocycles. The zero-order valence-corrected chi connectivity index (χ0v) is 11.8. The second-order valence-corrected chi connectivity index (χ2v) is 6.31. The van der Waals surface area contributed by atoms with Gasteiger partial charge in [-0.05, 0) is 17.9 Å². The maximum Gasteiger partial charge on any atom is 0.351 e. The number of aliphatic hydroxyl groups excluding tert-OH is 1. The number of halogens is 1. The average Bonchev–Trinajstić information content (AvgIpc) is 2.56. The van der Waals surface area contributed by atoms with Gasteiger partial charge in [-0.1, -0.05) is 20.8 Å². The first kappa shape index (κ1) is 14.9. The summed E-state index contributed by atoms with van der Waals surface area (Å²) in [6.07, 6.45) is -2.94. The lowest BCUT2D eigenvalue weighted by atomic mass is 9.87. The molecule has 0 bridgehead atoms. The number of rotatable bonds is 2. The number of hydrogen-bond donors (Lipinski definition) is 2. The average molecular weight is 285 g/mol. The topological polar surface area (TPSA) is 90.4 Å². The molecule has 1 saturated heterocycles. The van der Waals surface area contributed by atoms with Gasteiger partial charge in [0.25, 0.3) is 0 Å². The number of nitrogens with two attached hydrogens (primary N) is 1. The number of hydrogen-bond acceptors (Lipinski definition) is 5. The minimum atomic E-state index is -1.68. The summed E-state index contributed by atoms with van der Waals surface area (Å²) < 4.78 is 20.7. The molecule has 0 aromatic carbocycles. The predicted octanol–water partition coefficient (Wildman–Crippen LogP) is 0.858. The van der Waals surface area contributed by atoms with E-state index in [1.807, 2.05) is 20.8 Å². The molecule has 2 heterocycles. The SMILES string of the molecule is CC(C)(C)CC1OC(n2ccc(N)nc2=O)C(F)C1O. The van der Waals surface area contributed by atoms with Crippen molar-refractivity contribution in [1.82, 2.24) is 9.55 Å². The number of aliphatic hydroxyl groups is 1. The van der Waals surface area contributed by atoms with Gasteiger partial charge in [0.15, 0.2) is 12.4 Å². The van der Waals surface area contributed by atoms with E-state index >= 15 is 0 Å². The van der Waals surface area contributed by atoms with Crippen molar-refractivity contribution < 1.29 is 14.2 Å². The Morgan fingerprint density at radius 2 is 2.20 bits per heavy atom. The summed E-state index contributed by atoms with van der Waals surface area (Å²) in [6, 6.07) is 1.39. The van der Waals surface area contributed by atoms with Gasteiger partial charge in [-0.25, -0.2) is 9.18 Å². The molecule has 2 rings (SSSR count). The van der Waals surface area contributed by atoms with Crippen molar-refractivity contribution in [2.24, 2.45) is 5.41 Å². The number of alkyl halides is 1. The van der Waals surface area contributed by atoms with E-state index in [0.29, 0.717) is 6.42 Å². The van der Waals surface area contributed by atoms with Crippen LogP contribution >= 0.6 is 0 Å². The Kier molecular flexibility index (Phi) is 3.84. The summed E-state index contributed by atoms with van der Waals surface area (Å²) in [5.74, 6) is 0.0615. The molecule has 1 aromatic rings. The molecular weight excluding hydrogens is 265 g/mol. The van der Waals surface area contributed by atoms with Crippen LogP contribution in [0.4, 0.5) is 10.2 Å². The number of nitrogen functional groups attached to an aromatic ring is 1. The Bertz CT molecular complexity index is 540. The summed E-state index contributed by atoms with van der Waals surface area (Å²) in [7, 11) is 0. The lowest BCUT2D eigenvalue weighted by molar-refractivity contribution is -0.0423. The lowest BCUT2D eigenvalue weighted by Crippen LogP contribution is -2.33. The molecule has 7 heteroatoms. The third kappa shape index (κ3) is 2.99. The third-order valence-electron chi connectivity index (χ3n) is 3.23. The van der Waals surface area contributed by atoms with Gasteiger partial charge in [0, 0.05) is 6.20 Å². The number of nitrogens with zero attached hydrogens (tertiary/aromatic N) is 2. The van der Waals surface area contributed by atoms with Crippen molar-refractivity contribution in [1.29, 1.82) is 0 Å². The fourth-order valence-corrected chi connectivity index (χ4v) is 2.32. The van der Waals surface area contributed by atoms with E-state index in [4.69, 9.17) is 10.5 Å². The summed E-state index contributed by atoms with van der Waals surface area (Å²) >= 11 is 0. The van der Waals surface area contributed by atoms with Crippen LogP contribution in [0.3, 0.4) is 0 Å². The number of ether oxygens (including phenoxy) is 1. The molecule has 0 spiro atoms. The van der Waals surface area contributed by atoms with Crippen LogP contribution in [0.2, 0.25) is 0 Å². The summed E-state index contributed by atoms with van der Waals surface area (Å²) in [5, 5.41) is 9.94. The maximum absolute atomic E-state index is 14.2. The number of aromatic nitrogens is 2. The first-order chi connectivity index (χ1) is 9.19. The second kappa shape index (κ2) is 5.14. The van der Waals surface area contributed by atoms with Crippen LogP contribution in [0, 0.1) is 5.41 Å². The molecule has 1 aliphatic rings. The molecule has 6 nitrogen and oxygen atoms in total. The van der Waals surface area contributed by atoms with E-state index in [1.54, 1.807) is 0 Å². The van der Waals surface area contributed by atoms with Gasteiger partial charge in [0.2, 0.25) is 0 Å². The van der Waals surface area contributed by atoms with Gasteiger partial charge < -0.3 is 15.6 Å². The lowest BCUT2D eigenvalue weighted by Gasteiger charge is -2.24. The van der Waals surface area contributed by atoms with Crippen LogP contribution in [-0.2, 0) is 4.74 Å².